The van der Waals surface area contributed by atoms with Crippen molar-refractivity contribution in [2.45, 2.75) is 70.9 Å². The van der Waals surface area contributed by atoms with E-state index in [0.717, 1.165) is 19.3 Å². The molecule has 0 aromatic heterocycles. The van der Waals surface area contributed by atoms with Gasteiger partial charge in [-0.3, -0.25) is 9.59 Å². The Morgan fingerprint density at radius 2 is 2.00 bits per heavy atom. The Morgan fingerprint density at radius 1 is 1.27 bits per heavy atom. The van der Waals surface area contributed by atoms with E-state index in [1.165, 1.54) is 6.92 Å². The van der Waals surface area contributed by atoms with E-state index in [0.29, 0.717) is 12.8 Å². The Labute approximate surface area is 177 Å². The fraction of sp³-hybridized carbons (Fsp3) is 0.913. The minimum atomic E-state index is -1.96. The molecule has 7 nitrogen and oxygen atoms in total. The van der Waals surface area contributed by atoms with Crippen LogP contribution in [0.25, 0.3) is 0 Å². The normalized spacial score (nSPS) is 53.2. The molecule has 2 N–H and O–H groups in total. The number of aliphatic hydroxyl groups is 2. The fourth-order valence-electron chi connectivity index (χ4n) is 8.86. The van der Waals surface area contributed by atoms with E-state index in [2.05, 4.69) is 13.8 Å². The standard InChI is InChI=1S/C23H34O7/c1-12(24)30-15-8-13-9-22(18(25)14(13)10-28-4)16(15)21-7-5-6-20(2,3)17(21)19(26)23(22,27)29-11-21/h13-17,19,26-27H,5-11H2,1-4H3/t13-,14-,15-,16+,17-,19+,21-,22-,23-/m1/s1. The lowest BCUT2D eigenvalue weighted by Gasteiger charge is -2.74. The van der Waals surface area contributed by atoms with E-state index in [1.54, 1.807) is 7.11 Å². The maximum Gasteiger partial charge on any atom is 0.302 e. The van der Waals surface area contributed by atoms with Gasteiger partial charge in [-0.2, -0.15) is 0 Å². The first-order chi connectivity index (χ1) is 14.0. The average Bonchev–Trinajstić information content (AvgIpc) is 2.85. The van der Waals surface area contributed by atoms with E-state index >= 15 is 0 Å². The van der Waals surface area contributed by atoms with E-state index in [4.69, 9.17) is 14.2 Å². The van der Waals surface area contributed by atoms with Crippen molar-refractivity contribution in [2.75, 3.05) is 20.3 Å². The van der Waals surface area contributed by atoms with Crippen molar-refractivity contribution in [1.29, 1.82) is 0 Å². The Balaban J connectivity index is 1.73. The van der Waals surface area contributed by atoms with Crippen LogP contribution in [-0.2, 0) is 23.8 Å². The zero-order valence-electron chi connectivity index (χ0n) is 18.3. The first-order valence-electron chi connectivity index (χ1n) is 11.3. The SMILES string of the molecule is COC[C@H]1C(=O)[C@@]23C[C@H]1C[C@@H](OC(C)=O)[C@H]2[C@]12CCCC(C)(C)[C@H]1[C@H](O)[C@@]3(O)OC2. The lowest BCUT2D eigenvalue weighted by molar-refractivity contribution is -0.445. The summed E-state index contributed by atoms with van der Waals surface area (Å²) >= 11 is 0. The van der Waals surface area contributed by atoms with Crippen molar-refractivity contribution in [1.82, 2.24) is 0 Å². The van der Waals surface area contributed by atoms with Gasteiger partial charge in [0.15, 0.2) is 5.78 Å². The number of ether oxygens (including phenoxy) is 3. The molecule has 6 fully saturated rings. The molecule has 2 saturated heterocycles. The third kappa shape index (κ3) is 2.20. The van der Waals surface area contributed by atoms with Gasteiger partial charge in [0, 0.05) is 37.2 Å². The molecule has 2 aliphatic heterocycles. The Hall–Kier alpha value is -1.02. The maximum atomic E-state index is 14.0. The Kier molecular flexibility index (Phi) is 4.36. The van der Waals surface area contributed by atoms with Gasteiger partial charge >= 0.3 is 5.97 Å². The molecule has 0 amide bonds. The average molecular weight is 423 g/mol. The monoisotopic (exact) mass is 422 g/mol. The molecule has 0 aromatic carbocycles. The van der Waals surface area contributed by atoms with Gasteiger partial charge in [0.05, 0.1) is 18.6 Å². The van der Waals surface area contributed by atoms with Crippen molar-refractivity contribution < 1.29 is 34.0 Å². The molecule has 2 heterocycles. The van der Waals surface area contributed by atoms with Gasteiger partial charge in [0.25, 0.3) is 0 Å². The van der Waals surface area contributed by atoms with Crippen LogP contribution in [0, 0.1) is 39.9 Å². The van der Waals surface area contributed by atoms with Crippen molar-refractivity contribution >= 4 is 11.8 Å². The highest BCUT2D eigenvalue weighted by atomic mass is 16.6. The minimum Gasteiger partial charge on any atom is -0.462 e. The molecule has 6 rings (SSSR count). The number of Topliss-reactive ketones (excluding diaryl/α,β-unsaturated/α-hetero) is 1. The number of hydrogen-bond donors (Lipinski definition) is 2. The molecule has 4 aliphatic carbocycles. The highest BCUT2D eigenvalue weighted by Gasteiger charge is 2.85. The summed E-state index contributed by atoms with van der Waals surface area (Å²) in [5.41, 5.74) is -1.99. The van der Waals surface area contributed by atoms with Gasteiger partial charge in [0.1, 0.15) is 12.2 Å². The van der Waals surface area contributed by atoms with Gasteiger partial charge in [-0.1, -0.05) is 20.3 Å². The number of esters is 1. The summed E-state index contributed by atoms with van der Waals surface area (Å²) in [6, 6.07) is 0. The molecule has 0 aromatic rings. The van der Waals surface area contributed by atoms with Crippen LogP contribution in [0.3, 0.4) is 0 Å². The van der Waals surface area contributed by atoms with Crippen molar-refractivity contribution in [3.8, 4) is 0 Å². The summed E-state index contributed by atoms with van der Waals surface area (Å²) in [4.78, 5) is 26.0. The molecule has 0 radical (unpaired) electrons. The lowest BCUT2D eigenvalue weighted by atomic mass is 9.36. The van der Waals surface area contributed by atoms with Crippen LogP contribution in [0.5, 0.6) is 0 Å². The third-order valence-corrected chi connectivity index (χ3v) is 9.49. The second-order valence-corrected chi connectivity index (χ2v) is 11.2. The van der Waals surface area contributed by atoms with Gasteiger partial charge in [-0.05, 0) is 37.0 Å². The van der Waals surface area contributed by atoms with E-state index in [1.807, 2.05) is 0 Å². The zero-order valence-corrected chi connectivity index (χ0v) is 18.3. The molecule has 4 saturated carbocycles. The molecule has 4 bridgehead atoms. The molecule has 168 valence electrons. The zero-order chi connectivity index (χ0) is 21.7. The lowest BCUT2D eigenvalue weighted by Crippen LogP contribution is -2.83. The third-order valence-electron chi connectivity index (χ3n) is 9.49. The number of fused-ring (bicyclic) bond motifs is 2. The van der Waals surface area contributed by atoms with Crippen LogP contribution in [0.4, 0.5) is 0 Å². The van der Waals surface area contributed by atoms with Gasteiger partial charge < -0.3 is 24.4 Å². The second-order valence-electron chi connectivity index (χ2n) is 11.2. The number of carbonyl (C=O) groups excluding carboxylic acids is 2. The quantitative estimate of drug-likeness (QED) is 0.667. The number of rotatable bonds is 3. The smallest absolute Gasteiger partial charge is 0.302 e. The highest BCUT2D eigenvalue weighted by Crippen LogP contribution is 2.76. The number of carbonyl (C=O) groups is 2. The Bertz CT molecular complexity index is 780. The molecular weight excluding hydrogens is 388 g/mol. The maximum absolute atomic E-state index is 14.0. The molecule has 6 aliphatic rings. The number of aliphatic hydroxyl groups excluding tert-OH is 1. The van der Waals surface area contributed by atoms with Crippen LogP contribution in [0.15, 0.2) is 0 Å². The molecule has 2 spiro atoms. The Morgan fingerprint density at radius 3 is 2.67 bits per heavy atom. The summed E-state index contributed by atoms with van der Waals surface area (Å²) in [6.45, 7) is 6.22. The van der Waals surface area contributed by atoms with E-state index in [9.17, 15) is 19.8 Å². The van der Waals surface area contributed by atoms with E-state index < -0.39 is 28.8 Å². The molecule has 0 unspecified atom stereocenters. The summed E-state index contributed by atoms with van der Waals surface area (Å²) in [6.07, 6.45) is 2.11. The number of hydrogen-bond acceptors (Lipinski definition) is 7. The van der Waals surface area contributed by atoms with E-state index in [-0.39, 0.29) is 54.1 Å². The van der Waals surface area contributed by atoms with Crippen LogP contribution in [0.2, 0.25) is 0 Å². The largest absolute Gasteiger partial charge is 0.462 e. The molecule has 7 heteroatoms. The number of ketones is 1. The highest BCUT2D eigenvalue weighted by molar-refractivity contribution is 5.92. The second kappa shape index (κ2) is 6.27. The summed E-state index contributed by atoms with van der Waals surface area (Å²) in [5.74, 6) is -3.45. The topological polar surface area (TPSA) is 102 Å². The van der Waals surface area contributed by atoms with Crippen LogP contribution in [-0.4, -0.2) is 60.3 Å². The first kappa shape index (κ1) is 20.9. The summed E-state index contributed by atoms with van der Waals surface area (Å²) in [7, 11) is 1.57. The fourth-order valence-corrected chi connectivity index (χ4v) is 8.86. The van der Waals surface area contributed by atoms with Crippen molar-refractivity contribution in [2.24, 2.45) is 39.9 Å². The predicted octanol–water partition coefficient (Wildman–Crippen LogP) is 1.68. The van der Waals surface area contributed by atoms with Crippen LogP contribution < -0.4 is 0 Å². The molecule has 30 heavy (non-hydrogen) atoms. The van der Waals surface area contributed by atoms with Gasteiger partial charge in [-0.25, -0.2) is 0 Å². The number of methoxy groups -OCH3 is 1. The molecular formula is C23H34O7. The van der Waals surface area contributed by atoms with Crippen molar-refractivity contribution in [3.05, 3.63) is 0 Å². The minimum absolute atomic E-state index is 0.0660. The predicted molar refractivity (Wildman–Crippen MR) is 105 cm³/mol. The van der Waals surface area contributed by atoms with Gasteiger partial charge in [0.2, 0.25) is 5.79 Å². The van der Waals surface area contributed by atoms with Crippen molar-refractivity contribution in [3.63, 3.8) is 0 Å². The van der Waals surface area contributed by atoms with Crippen LogP contribution in [0.1, 0.15) is 52.9 Å². The first-order valence-corrected chi connectivity index (χ1v) is 11.3. The van der Waals surface area contributed by atoms with Gasteiger partial charge in [-0.15, -0.1) is 0 Å². The summed E-state index contributed by atoms with van der Waals surface area (Å²) < 4.78 is 17.3. The van der Waals surface area contributed by atoms with Crippen LogP contribution >= 0.6 is 0 Å². The molecule has 9 atom stereocenters. The summed E-state index contributed by atoms with van der Waals surface area (Å²) in [5, 5.41) is 23.5.